The number of aliphatic hydroxyl groups is 1. The van der Waals surface area contributed by atoms with Crippen molar-refractivity contribution in [2.24, 2.45) is 0 Å². The Hall–Kier alpha value is -1.20. The number of rotatable bonds is 3. The van der Waals surface area contributed by atoms with E-state index in [2.05, 4.69) is 15.5 Å². The SMILES string of the molecule is O=C(NC1(CO)CC1)c1ccc(Cl)nn1. The van der Waals surface area contributed by atoms with Crippen molar-refractivity contribution >= 4 is 17.5 Å². The normalized spacial score (nSPS) is 17.2. The van der Waals surface area contributed by atoms with Crippen LogP contribution < -0.4 is 5.32 Å². The first-order chi connectivity index (χ1) is 7.15. The third kappa shape index (κ3) is 2.24. The first-order valence-electron chi connectivity index (χ1n) is 4.58. The van der Waals surface area contributed by atoms with Gasteiger partial charge in [-0.15, -0.1) is 10.2 Å². The van der Waals surface area contributed by atoms with Crippen LogP contribution in [0.15, 0.2) is 12.1 Å². The number of halogens is 1. The summed E-state index contributed by atoms with van der Waals surface area (Å²) in [7, 11) is 0. The molecule has 0 aliphatic heterocycles. The summed E-state index contributed by atoms with van der Waals surface area (Å²) in [6.07, 6.45) is 1.60. The van der Waals surface area contributed by atoms with Crippen LogP contribution in [0.4, 0.5) is 0 Å². The fraction of sp³-hybridized carbons (Fsp3) is 0.444. The van der Waals surface area contributed by atoms with E-state index in [1.807, 2.05) is 0 Å². The number of hydrogen-bond donors (Lipinski definition) is 2. The van der Waals surface area contributed by atoms with Gasteiger partial charge in [0, 0.05) is 0 Å². The fourth-order valence-electron chi connectivity index (χ4n) is 1.22. The smallest absolute Gasteiger partial charge is 0.272 e. The second kappa shape index (κ2) is 3.75. The number of nitrogens with one attached hydrogen (secondary N) is 1. The Bertz CT molecular complexity index is 375. The highest BCUT2D eigenvalue weighted by atomic mass is 35.5. The number of aromatic nitrogens is 2. The van der Waals surface area contributed by atoms with Crippen LogP contribution in [0.3, 0.4) is 0 Å². The van der Waals surface area contributed by atoms with Crippen LogP contribution in [0, 0.1) is 0 Å². The Morgan fingerprint density at radius 1 is 1.53 bits per heavy atom. The minimum Gasteiger partial charge on any atom is -0.394 e. The molecular weight excluding hydrogens is 218 g/mol. The molecule has 80 valence electrons. The number of hydrogen-bond acceptors (Lipinski definition) is 4. The molecule has 0 saturated heterocycles. The Balaban J connectivity index is 2.05. The summed E-state index contributed by atoms with van der Waals surface area (Å²) in [5, 5.41) is 19.2. The number of nitrogens with zero attached hydrogens (tertiary/aromatic N) is 2. The van der Waals surface area contributed by atoms with Gasteiger partial charge in [-0.05, 0) is 25.0 Å². The summed E-state index contributed by atoms with van der Waals surface area (Å²) in [6.45, 7) is -0.0419. The second-order valence-electron chi connectivity index (χ2n) is 3.63. The van der Waals surface area contributed by atoms with Crippen molar-refractivity contribution in [3.63, 3.8) is 0 Å². The van der Waals surface area contributed by atoms with Crippen LogP contribution in [-0.2, 0) is 0 Å². The second-order valence-corrected chi connectivity index (χ2v) is 4.02. The molecule has 1 heterocycles. The largest absolute Gasteiger partial charge is 0.394 e. The van der Waals surface area contributed by atoms with Crippen LogP contribution in [0.5, 0.6) is 0 Å². The quantitative estimate of drug-likeness (QED) is 0.783. The van der Waals surface area contributed by atoms with Crippen molar-refractivity contribution in [2.75, 3.05) is 6.61 Å². The highest BCUT2D eigenvalue weighted by Crippen LogP contribution is 2.34. The van der Waals surface area contributed by atoms with Crippen LogP contribution in [-0.4, -0.2) is 33.4 Å². The van der Waals surface area contributed by atoms with Crippen molar-refractivity contribution in [1.29, 1.82) is 0 Å². The zero-order chi connectivity index (χ0) is 10.9. The van der Waals surface area contributed by atoms with Gasteiger partial charge in [-0.3, -0.25) is 4.79 Å². The summed E-state index contributed by atoms with van der Waals surface area (Å²) in [4.78, 5) is 11.6. The lowest BCUT2D eigenvalue weighted by molar-refractivity contribution is 0.0900. The zero-order valence-electron chi connectivity index (χ0n) is 7.90. The van der Waals surface area contributed by atoms with Crippen molar-refractivity contribution in [3.8, 4) is 0 Å². The molecule has 0 spiro atoms. The van der Waals surface area contributed by atoms with Gasteiger partial charge in [0.15, 0.2) is 10.8 Å². The van der Waals surface area contributed by atoms with Crippen LogP contribution in [0.1, 0.15) is 23.3 Å². The number of aliphatic hydroxyl groups excluding tert-OH is 1. The molecule has 15 heavy (non-hydrogen) atoms. The summed E-state index contributed by atoms with van der Waals surface area (Å²) in [6, 6.07) is 3.00. The van der Waals surface area contributed by atoms with Gasteiger partial charge in [-0.25, -0.2) is 0 Å². The van der Waals surface area contributed by atoms with Gasteiger partial charge >= 0.3 is 0 Å². The van der Waals surface area contributed by atoms with Crippen LogP contribution >= 0.6 is 11.6 Å². The van der Waals surface area contributed by atoms with Crippen molar-refractivity contribution in [3.05, 3.63) is 23.0 Å². The molecule has 2 N–H and O–H groups in total. The van der Waals surface area contributed by atoms with E-state index in [9.17, 15) is 4.79 Å². The van der Waals surface area contributed by atoms with Gasteiger partial charge in [0.1, 0.15) is 0 Å². The van der Waals surface area contributed by atoms with Crippen molar-refractivity contribution < 1.29 is 9.90 Å². The van der Waals surface area contributed by atoms with Crippen LogP contribution in [0.2, 0.25) is 5.15 Å². The third-order valence-corrected chi connectivity index (χ3v) is 2.60. The molecule has 1 aromatic rings. The topological polar surface area (TPSA) is 75.1 Å². The van der Waals surface area contributed by atoms with E-state index in [0.29, 0.717) is 0 Å². The van der Waals surface area contributed by atoms with Gasteiger partial charge < -0.3 is 10.4 Å². The number of carbonyl (C=O) groups is 1. The van der Waals surface area contributed by atoms with Gasteiger partial charge in [0.05, 0.1) is 12.1 Å². The average molecular weight is 228 g/mol. The maximum absolute atomic E-state index is 11.6. The lowest BCUT2D eigenvalue weighted by atomic mass is 10.2. The van der Waals surface area contributed by atoms with E-state index in [4.69, 9.17) is 16.7 Å². The van der Waals surface area contributed by atoms with Crippen molar-refractivity contribution in [2.45, 2.75) is 18.4 Å². The Morgan fingerprint density at radius 2 is 2.27 bits per heavy atom. The predicted molar refractivity (Wildman–Crippen MR) is 53.6 cm³/mol. The zero-order valence-corrected chi connectivity index (χ0v) is 8.66. The summed E-state index contributed by atoms with van der Waals surface area (Å²) >= 11 is 5.54. The molecule has 1 saturated carbocycles. The molecule has 6 heteroatoms. The van der Waals surface area contributed by atoms with E-state index < -0.39 is 5.54 Å². The molecule has 1 amide bonds. The number of carbonyl (C=O) groups excluding carboxylic acids is 1. The molecule has 0 bridgehead atoms. The average Bonchev–Trinajstić information content (AvgIpc) is 2.99. The highest BCUT2D eigenvalue weighted by molar-refractivity contribution is 6.29. The molecule has 1 aliphatic rings. The lowest BCUT2D eigenvalue weighted by Crippen LogP contribution is -2.40. The maximum Gasteiger partial charge on any atom is 0.272 e. The molecule has 1 fully saturated rings. The molecular formula is C9H10ClN3O2. The Morgan fingerprint density at radius 3 is 2.73 bits per heavy atom. The van der Waals surface area contributed by atoms with Crippen molar-refractivity contribution in [1.82, 2.24) is 15.5 Å². The molecule has 0 aromatic carbocycles. The maximum atomic E-state index is 11.6. The summed E-state index contributed by atoms with van der Waals surface area (Å²) < 4.78 is 0. The summed E-state index contributed by atoms with van der Waals surface area (Å²) in [5.41, 5.74) is -0.225. The lowest BCUT2D eigenvalue weighted by Gasteiger charge is -2.13. The van der Waals surface area contributed by atoms with Crippen LogP contribution in [0.25, 0.3) is 0 Å². The molecule has 0 unspecified atom stereocenters. The minimum atomic E-state index is -0.432. The standard InChI is InChI=1S/C9H10ClN3O2/c10-7-2-1-6(12-13-7)8(15)11-9(5-14)3-4-9/h1-2,14H,3-5H2,(H,11,15). The Kier molecular flexibility index (Phi) is 2.58. The number of amides is 1. The van der Waals surface area contributed by atoms with Gasteiger partial charge in [-0.2, -0.15) is 0 Å². The fourth-order valence-corrected chi connectivity index (χ4v) is 1.32. The van der Waals surface area contributed by atoms with E-state index in [1.165, 1.54) is 12.1 Å². The first-order valence-corrected chi connectivity index (χ1v) is 4.96. The first kappa shape index (κ1) is 10.3. The van der Waals surface area contributed by atoms with Gasteiger partial charge in [0.2, 0.25) is 0 Å². The minimum absolute atomic E-state index is 0.0419. The molecule has 0 atom stereocenters. The molecule has 5 nitrogen and oxygen atoms in total. The molecule has 2 rings (SSSR count). The predicted octanol–water partition coefficient (Wildman–Crippen LogP) is 0.385. The molecule has 0 radical (unpaired) electrons. The summed E-state index contributed by atoms with van der Waals surface area (Å²) in [5.74, 6) is -0.328. The Labute approximate surface area is 91.5 Å². The van der Waals surface area contributed by atoms with E-state index >= 15 is 0 Å². The van der Waals surface area contributed by atoms with Gasteiger partial charge in [0.25, 0.3) is 5.91 Å². The molecule has 1 aromatic heterocycles. The highest BCUT2D eigenvalue weighted by Gasteiger charge is 2.43. The van der Waals surface area contributed by atoms with E-state index in [-0.39, 0.29) is 23.4 Å². The van der Waals surface area contributed by atoms with Gasteiger partial charge in [-0.1, -0.05) is 11.6 Å². The van der Waals surface area contributed by atoms with E-state index in [0.717, 1.165) is 12.8 Å². The molecule has 1 aliphatic carbocycles. The van der Waals surface area contributed by atoms with E-state index in [1.54, 1.807) is 0 Å². The third-order valence-electron chi connectivity index (χ3n) is 2.40. The monoisotopic (exact) mass is 227 g/mol.